The van der Waals surface area contributed by atoms with Crippen molar-refractivity contribution in [1.82, 2.24) is 20.1 Å². The molecule has 1 unspecified atom stereocenters. The Morgan fingerprint density at radius 1 is 1.17 bits per heavy atom. The van der Waals surface area contributed by atoms with Crippen LogP contribution >= 0.6 is 0 Å². The third-order valence-electron chi connectivity index (χ3n) is 4.47. The Morgan fingerprint density at radius 3 is 2.65 bits per heavy atom. The summed E-state index contributed by atoms with van der Waals surface area (Å²) in [6.07, 6.45) is 5.78. The maximum atomic E-state index is 12.4. The Balaban J connectivity index is 1.53. The second-order valence-electron chi connectivity index (χ2n) is 6.11. The molecule has 2 fully saturated rings. The molecule has 3 amide bonds. The average molecular weight is 318 g/mol. The Bertz CT molecular complexity index is 584. The van der Waals surface area contributed by atoms with E-state index in [1.807, 2.05) is 17.2 Å². The maximum absolute atomic E-state index is 12.4. The first-order valence-electron chi connectivity index (χ1n) is 8.11. The van der Waals surface area contributed by atoms with Crippen molar-refractivity contribution in [3.8, 4) is 0 Å². The van der Waals surface area contributed by atoms with Crippen LogP contribution in [-0.4, -0.2) is 64.7 Å². The number of nitrogens with one attached hydrogen (secondary N) is 2. The molecule has 0 saturated carbocycles. The number of carbonyl (C=O) groups excluding carboxylic acids is 3. The highest BCUT2D eigenvalue weighted by atomic mass is 16.2. The van der Waals surface area contributed by atoms with E-state index in [1.165, 1.54) is 0 Å². The molecule has 124 valence electrons. The zero-order valence-corrected chi connectivity index (χ0v) is 13.1. The second-order valence-corrected chi connectivity index (χ2v) is 6.11. The van der Waals surface area contributed by atoms with E-state index in [-0.39, 0.29) is 23.8 Å². The van der Waals surface area contributed by atoms with Gasteiger partial charge < -0.3 is 20.1 Å². The molecule has 0 spiro atoms. The van der Waals surface area contributed by atoms with Gasteiger partial charge in [0.05, 0.1) is 6.42 Å². The minimum Gasteiger partial charge on any atom is -0.367 e. The van der Waals surface area contributed by atoms with Crippen molar-refractivity contribution < 1.29 is 14.4 Å². The van der Waals surface area contributed by atoms with Crippen LogP contribution in [-0.2, 0) is 20.8 Å². The van der Waals surface area contributed by atoms with Gasteiger partial charge in [-0.2, -0.15) is 0 Å². The largest absolute Gasteiger partial charge is 0.367 e. The predicted octanol–water partition coefficient (Wildman–Crippen LogP) is -0.103. The number of H-pyrrole nitrogens is 1. The monoisotopic (exact) mass is 318 g/mol. The number of aromatic nitrogens is 1. The normalized spacial score (nSPS) is 21.9. The Kier molecular flexibility index (Phi) is 4.64. The van der Waals surface area contributed by atoms with E-state index in [9.17, 15) is 14.4 Å². The molecule has 2 N–H and O–H groups in total. The van der Waals surface area contributed by atoms with Gasteiger partial charge in [0.15, 0.2) is 0 Å². The molecule has 0 radical (unpaired) electrons. The van der Waals surface area contributed by atoms with Crippen LogP contribution in [0.5, 0.6) is 0 Å². The third kappa shape index (κ3) is 3.72. The number of carbonyl (C=O) groups is 3. The number of hydrogen-bond acceptors (Lipinski definition) is 3. The van der Waals surface area contributed by atoms with Crippen LogP contribution in [0.3, 0.4) is 0 Å². The Labute approximate surface area is 135 Å². The van der Waals surface area contributed by atoms with Crippen molar-refractivity contribution in [2.24, 2.45) is 0 Å². The van der Waals surface area contributed by atoms with E-state index >= 15 is 0 Å². The summed E-state index contributed by atoms with van der Waals surface area (Å²) in [5.41, 5.74) is 0.973. The quantitative estimate of drug-likeness (QED) is 0.816. The van der Waals surface area contributed by atoms with Gasteiger partial charge in [-0.25, -0.2) is 0 Å². The van der Waals surface area contributed by atoms with Crippen molar-refractivity contribution in [3.63, 3.8) is 0 Å². The van der Waals surface area contributed by atoms with Gasteiger partial charge in [-0.05, 0) is 24.5 Å². The van der Waals surface area contributed by atoms with Crippen LogP contribution in [0.4, 0.5) is 0 Å². The first kappa shape index (κ1) is 15.6. The van der Waals surface area contributed by atoms with Crippen molar-refractivity contribution in [1.29, 1.82) is 0 Å². The molecule has 1 aromatic heterocycles. The summed E-state index contributed by atoms with van der Waals surface area (Å²) >= 11 is 0. The number of hydrogen-bond donors (Lipinski definition) is 2. The minimum absolute atomic E-state index is 0.0178. The van der Waals surface area contributed by atoms with E-state index in [0.29, 0.717) is 45.4 Å². The summed E-state index contributed by atoms with van der Waals surface area (Å²) in [6, 6.07) is 1.51. The van der Waals surface area contributed by atoms with E-state index in [1.54, 1.807) is 11.1 Å². The summed E-state index contributed by atoms with van der Waals surface area (Å²) < 4.78 is 0. The predicted molar refractivity (Wildman–Crippen MR) is 83.4 cm³/mol. The van der Waals surface area contributed by atoms with Gasteiger partial charge in [0.2, 0.25) is 17.7 Å². The molecule has 0 bridgehead atoms. The first-order valence-corrected chi connectivity index (χ1v) is 8.11. The van der Waals surface area contributed by atoms with Gasteiger partial charge in [0, 0.05) is 45.0 Å². The van der Waals surface area contributed by atoms with Gasteiger partial charge in [0.25, 0.3) is 0 Å². The van der Waals surface area contributed by atoms with E-state index in [2.05, 4.69) is 10.3 Å². The molecular formula is C16H22N4O3. The summed E-state index contributed by atoms with van der Waals surface area (Å²) in [4.78, 5) is 42.6. The smallest absolute Gasteiger partial charge is 0.245 e. The molecule has 1 aromatic rings. The highest BCUT2D eigenvalue weighted by molar-refractivity contribution is 5.90. The van der Waals surface area contributed by atoms with E-state index < -0.39 is 0 Å². The van der Waals surface area contributed by atoms with Crippen molar-refractivity contribution in [2.45, 2.75) is 31.7 Å². The molecule has 3 rings (SSSR count). The molecular weight excluding hydrogens is 296 g/mol. The average Bonchev–Trinajstić information content (AvgIpc) is 3.12. The molecule has 2 saturated heterocycles. The molecule has 2 aliphatic rings. The minimum atomic E-state index is -0.385. The zero-order chi connectivity index (χ0) is 16.2. The summed E-state index contributed by atoms with van der Waals surface area (Å²) in [6.45, 7) is 2.39. The summed E-state index contributed by atoms with van der Waals surface area (Å²) in [5.74, 6) is 0.0188. The van der Waals surface area contributed by atoms with Crippen molar-refractivity contribution in [3.05, 3.63) is 24.0 Å². The number of nitrogens with zero attached hydrogens (tertiary/aromatic N) is 2. The fourth-order valence-corrected chi connectivity index (χ4v) is 3.16. The molecule has 7 nitrogen and oxygen atoms in total. The second kappa shape index (κ2) is 6.85. The molecule has 23 heavy (non-hydrogen) atoms. The highest BCUT2D eigenvalue weighted by Gasteiger charge is 2.31. The van der Waals surface area contributed by atoms with Gasteiger partial charge in [-0.15, -0.1) is 0 Å². The van der Waals surface area contributed by atoms with Crippen LogP contribution in [0.2, 0.25) is 0 Å². The van der Waals surface area contributed by atoms with Gasteiger partial charge in [0.1, 0.15) is 6.04 Å². The van der Waals surface area contributed by atoms with Crippen molar-refractivity contribution in [2.75, 3.05) is 26.2 Å². The van der Waals surface area contributed by atoms with E-state index in [4.69, 9.17) is 0 Å². The zero-order valence-electron chi connectivity index (χ0n) is 13.1. The number of aromatic amines is 1. The lowest BCUT2D eigenvalue weighted by atomic mass is 10.2. The fourth-order valence-electron chi connectivity index (χ4n) is 3.16. The van der Waals surface area contributed by atoms with Crippen LogP contribution < -0.4 is 5.32 Å². The Hall–Kier alpha value is -2.31. The highest BCUT2D eigenvalue weighted by Crippen LogP contribution is 2.13. The standard InChI is InChI=1S/C16H22N4O3/c21-14-3-2-13(18-14)16(23)20-7-1-6-19(8-9-20)15(22)10-12-4-5-17-11-12/h4-5,11,13,17H,1-3,6-10H2,(H,18,21). The first-order chi connectivity index (χ1) is 11.1. The fraction of sp³-hybridized carbons (Fsp3) is 0.562. The lowest BCUT2D eigenvalue weighted by Crippen LogP contribution is -2.46. The van der Waals surface area contributed by atoms with Gasteiger partial charge >= 0.3 is 0 Å². The SMILES string of the molecule is O=C1CCC(C(=O)N2CCCN(C(=O)Cc3cc[nH]c3)CC2)N1. The molecule has 3 heterocycles. The summed E-state index contributed by atoms with van der Waals surface area (Å²) in [7, 11) is 0. The maximum Gasteiger partial charge on any atom is 0.245 e. The molecule has 0 aromatic carbocycles. The third-order valence-corrected chi connectivity index (χ3v) is 4.47. The summed E-state index contributed by atoms with van der Waals surface area (Å²) in [5, 5.41) is 2.72. The van der Waals surface area contributed by atoms with E-state index in [0.717, 1.165) is 12.0 Å². The van der Waals surface area contributed by atoms with Crippen LogP contribution in [0, 0.1) is 0 Å². The van der Waals surface area contributed by atoms with Crippen LogP contribution in [0.25, 0.3) is 0 Å². The van der Waals surface area contributed by atoms with Crippen molar-refractivity contribution >= 4 is 17.7 Å². The number of rotatable bonds is 3. The molecule has 2 aliphatic heterocycles. The van der Waals surface area contributed by atoms with Gasteiger partial charge in [-0.1, -0.05) is 0 Å². The molecule has 1 atom stereocenters. The lowest BCUT2D eigenvalue weighted by molar-refractivity contribution is -0.135. The molecule has 0 aliphatic carbocycles. The van der Waals surface area contributed by atoms with Crippen LogP contribution in [0.15, 0.2) is 18.5 Å². The van der Waals surface area contributed by atoms with Crippen LogP contribution in [0.1, 0.15) is 24.8 Å². The Morgan fingerprint density at radius 2 is 1.96 bits per heavy atom. The molecule has 7 heteroatoms. The topological polar surface area (TPSA) is 85.5 Å². The lowest BCUT2D eigenvalue weighted by Gasteiger charge is -2.24. The van der Waals surface area contributed by atoms with Gasteiger partial charge in [-0.3, -0.25) is 14.4 Å². The number of amides is 3.